The molecule has 3 atom stereocenters. The molecule has 2 aliphatic rings. The van der Waals surface area contributed by atoms with E-state index < -0.39 is 6.04 Å². The van der Waals surface area contributed by atoms with Gasteiger partial charge in [0.1, 0.15) is 6.04 Å². The van der Waals surface area contributed by atoms with Gasteiger partial charge in [-0.05, 0) is 36.5 Å². The van der Waals surface area contributed by atoms with E-state index in [1.54, 1.807) is 0 Å². The van der Waals surface area contributed by atoms with Crippen LogP contribution in [0.2, 0.25) is 0 Å². The lowest BCUT2D eigenvalue weighted by Crippen LogP contribution is -2.45. The van der Waals surface area contributed by atoms with Crippen LogP contribution in [-0.4, -0.2) is 27.4 Å². The molecule has 0 bridgehead atoms. The quantitative estimate of drug-likeness (QED) is 0.678. The summed E-state index contributed by atoms with van der Waals surface area (Å²) in [5.74, 6) is 1.01. The number of fused-ring (bicyclic) bond motifs is 3. The molecule has 6 nitrogen and oxygen atoms in total. The third kappa shape index (κ3) is 3.60. The molecule has 2 aromatic carbocycles. The molecule has 1 N–H and O–H groups in total. The molecule has 3 aromatic rings. The van der Waals surface area contributed by atoms with Crippen molar-refractivity contribution in [3.8, 4) is 0 Å². The summed E-state index contributed by atoms with van der Waals surface area (Å²) in [5.41, 5.74) is 2.82. The first-order chi connectivity index (χ1) is 15.1. The van der Waals surface area contributed by atoms with Gasteiger partial charge in [-0.15, -0.1) is 0 Å². The minimum atomic E-state index is -0.549. The molecule has 1 saturated carbocycles. The number of carbonyl (C=O) groups is 2. The number of aromatic nitrogens is 2. The number of hydrogen-bond acceptors (Lipinski definition) is 3. The second-order valence-electron chi connectivity index (χ2n) is 8.79. The Morgan fingerprint density at radius 3 is 2.61 bits per heavy atom. The molecule has 2 amide bonds. The number of imidazole rings is 1. The van der Waals surface area contributed by atoms with Crippen LogP contribution in [0.1, 0.15) is 50.6 Å². The van der Waals surface area contributed by atoms with Crippen LogP contribution in [0.4, 0.5) is 5.95 Å². The first-order valence-corrected chi connectivity index (χ1v) is 11.2. The fraction of sp³-hybridized carbons (Fsp3) is 0.400. The summed E-state index contributed by atoms with van der Waals surface area (Å²) < 4.78 is 1.99. The van der Waals surface area contributed by atoms with Crippen LogP contribution in [0.25, 0.3) is 11.0 Å². The van der Waals surface area contributed by atoms with Crippen molar-refractivity contribution in [1.82, 2.24) is 14.9 Å². The van der Waals surface area contributed by atoms with Gasteiger partial charge in [0, 0.05) is 12.6 Å². The molecule has 1 aliphatic heterocycles. The summed E-state index contributed by atoms with van der Waals surface area (Å²) in [5, 5.41) is 2.98. The Hall–Kier alpha value is -3.15. The smallest absolute Gasteiger partial charge is 0.253 e. The van der Waals surface area contributed by atoms with Crippen molar-refractivity contribution >= 4 is 28.8 Å². The van der Waals surface area contributed by atoms with Gasteiger partial charge in [0.05, 0.1) is 17.5 Å². The number of rotatable bonds is 5. The number of benzene rings is 2. The lowest BCUT2D eigenvalue weighted by Gasteiger charge is -2.35. The van der Waals surface area contributed by atoms with Gasteiger partial charge in [0.25, 0.3) is 5.91 Å². The second-order valence-corrected chi connectivity index (χ2v) is 8.79. The van der Waals surface area contributed by atoms with Gasteiger partial charge in [0.15, 0.2) is 0 Å². The SMILES string of the molecule is C[C@H]1CCCC[C@H]1N1C(=O)[C@@H](CC(=O)NCc2ccccc2)n2c1nc1ccccc12. The monoisotopic (exact) mass is 416 g/mol. The van der Waals surface area contributed by atoms with Gasteiger partial charge < -0.3 is 5.32 Å². The first kappa shape index (κ1) is 19.8. The minimum absolute atomic E-state index is 0.00173. The highest BCUT2D eigenvalue weighted by Crippen LogP contribution is 2.41. The van der Waals surface area contributed by atoms with Crippen LogP contribution in [0.15, 0.2) is 54.6 Å². The topological polar surface area (TPSA) is 67.2 Å². The van der Waals surface area contributed by atoms with Crippen LogP contribution in [0.5, 0.6) is 0 Å². The molecule has 160 valence electrons. The molecule has 0 saturated heterocycles. The van der Waals surface area contributed by atoms with E-state index in [1.165, 1.54) is 6.42 Å². The molecule has 2 heterocycles. The van der Waals surface area contributed by atoms with Crippen molar-refractivity contribution in [2.45, 2.75) is 57.7 Å². The lowest BCUT2D eigenvalue weighted by molar-refractivity contribution is -0.127. The summed E-state index contributed by atoms with van der Waals surface area (Å²) >= 11 is 0. The Labute approximate surface area is 182 Å². The molecule has 1 aliphatic carbocycles. The van der Waals surface area contributed by atoms with Gasteiger partial charge in [0.2, 0.25) is 11.9 Å². The second kappa shape index (κ2) is 8.17. The average Bonchev–Trinajstić information content (AvgIpc) is 3.28. The van der Waals surface area contributed by atoms with Crippen molar-refractivity contribution in [3.63, 3.8) is 0 Å². The molecular weight excluding hydrogens is 388 g/mol. The van der Waals surface area contributed by atoms with Crippen molar-refractivity contribution in [3.05, 3.63) is 60.2 Å². The molecule has 6 heteroatoms. The first-order valence-electron chi connectivity index (χ1n) is 11.2. The minimum Gasteiger partial charge on any atom is -0.352 e. The van der Waals surface area contributed by atoms with Crippen molar-refractivity contribution in [2.75, 3.05) is 4.90 Å². The van der Waals surface area contributed by atoms with E-state index in [1.807, 2.05) is 64.1 Å². The van der Waals surface area contributed by atoms with Crippen LogP contribution in [0.3, 0.4) is 0 Å². The number of nitrogens with one attached hydrogen (secondary N) is 1. The summed E-state index contributed by atoms with van der Waals surface area (Å²) in [7, 11) is 0. The van der Waals surface area contributed by atoms with Gasteiger partial charge >= 0.3 is 0 Å². The van der Waals surface area contributed by atoms with Crippen molar-refractivity contribution < 1.29 is 9.59 Å². The number of nitrogens with zero attached hydrogens (tertiary/aromatic N) is 3. The largest absolute Gasteiger partial charge is 0.352 e. The molecule has 31 heavy (non-hydrogen) atoms. The number of hydrogen-bond donors (Lipinski definition) is 1. The summed E-state index contributed by atoms with van der Waals surface area (Å²) in [6.07, 6.45) is 4.57. The standard InChI is InChI=1S/C25H28N4O2/c1-17-9-5-7-13-20(17)29-24(31)22(15-23(30)26-16-18-10-3-2-4-11-18)28-21-14-8-6-12-19(21)27-25(28)29/h2-4,6,8,10-12,14,17,20,22H,5,7,9,13,15-16H2,1H3,(H,26,30)/t17-,20+,22+/m0/s1. The molecule has 0 radical (unpaired) electrons. The molecular formula is C25H28N4O2. The highest BCUT2D eigenvalue weighted by atomic mass is 16.2. The zero-order valence-corrected chi connectivity index (χ0v) is 17.8. The molecule has 5 rings (SSSR count). The van der Waals surface area contributed by atoms with Crippen LogP contribution in [0, 0.1) is 5.92 Å². The number of anilines is 1. The average molecular weight is 417 g/mol. The van der Waals surface area contributed by atoms with Gasteiger partial charge in [-0.25, -0.2) is 4.98 Å². The third-order valence-corrected chi connectivity index (χ3v) is 6.74. The van der Waals surface area contributed by atoms with E-state index in [-0.39, 0.29) is 24.3 Å². The predicted octanol–water partition coefficient (Wildman–Crippen LogP) is 4.21. The fourth-order valence-corrected chi connectivity index (χ4v) is 5.09. The van der Waals surface area contributed by atoms with E-state index in [0.29, 0.717) is 18.4 Å². The maximum Gasteiger partial charge on any atom is 0.253 e. The molecule has 1 fully saturated rings. The Balaban J connectivity index is 1.43. The van der Waals surface area contributed by atoms with E-state index >= 15 is 0 Å². The van der Waals surface area contributed by atoms with Gasteiger partial charge in [-0.1, -0.05) is 62.2 Å². The Morgan fingerprint density at radius 1 is 1.06 bits per heavy atom. The van der Waals surface area contributed by atoms with E-state index in [9.17, 15) is 9.59 Å². The highest BCUT2D eigenvalue weighted by molar-refractivity contribution is 6.04. The van der Waals surface area contributed by atoms with E-state index in [4.69, 9.17) is 4.98 Å². The maximum atomic E-state index is 13.6. The van der Waals surface area contributed by atoms with Gasteiger partial charge in [-0.3, -0.25) is 19.1 Å². The Bertz CT molecular complexity index is 1110. The Kier molecular flexibility index (Phi) is 5.22. The summed E-state index contributed by atoms with van der Waals surface area (Å²) in [4.78, 5) is 33.1. The lowest BCUT2D eigenvalue weighted by atomic mass is 9.85. The summed E-state index contributed by atoms with van der Waals surface area (Å²) in [6, 6.07) is 17.3. The number of carbonyl (C=O) groups excluding carboxylic acids is 2. The molecule has 0 unspecified atom stereocenters. The van der Waals surface area contributed by atoms with E-state index in [0.717, 1.165) is 35.9 Å². The van der Waals surface area contributed by atoms with E-state index in [2.05, 4.69) is 12.2 Å². The predicted molar refractivity (Wildman–Crippen MR) is 121 cm³/mol. The van der Waals surface area contributed by atoms with Gasteiger partial charge in [-0.2, -0.15) is 0 Å². The van der Waals surface area contributed by atoms with Crippen LogP contribution in [-0.2, 0) is 16.1 Å². The van der Waals surface area contributed by atoms with Crippen molar-refractivity contribution in [2.24, 2.45) is 5.92 Å². The Morgan fingerprint density at radius 2 is 1.81 bits per heavy atom. The van der Waals surface area contributed by atoms with Crippen molar-refractivity contribution in [1.29, 1.82) is 0 Å². The molecule has 1 aromatic heterocycles. The zero-order valence-electron chi connectivity index (χ0n) is 17.8. The van der Waals surface area contributed by atoms with Crippen LogP contribution >= 0.6 is 0 Å². The molecule has 0 spiro atoms. The van der Waals surface area contributed by atoms with Crippen LogP contribution < -0.4 is 10.2 Å². The third-order valence-electron chi connectivity index (χ3n) is 6.74. The zero-order chi connectivity index (χ0) is 21.4. The summed E-state index contributed by atoms with van der Waals surface area (Å²) in [6.45, 7) is 2.69. The number of amides is 2. The normalized spacial score (nSPS) is 23.2. The number of para-hydroxylation sites is 2. The maximum absolute atomic E-state index is 13.6. The fourth-order valence-electron chi connectivity index (χ4n) is 5.09. The highest BCUT2D eigenvalue weighted by Gasteiger charge is 2.45.